The van der Waals surface area contributed by atoms with Crippen molar-refractivity contribution >= 4 is 39.7 Å². The molecule has 0 aliphatic carbocycles. The van der Waals surface area contributed by atoms with Crippen LogP contribution in [0.2, 0.25) is 5.02 Å². The fourth-order valence-electron chi connectivity index (χ4n) is 4.94. The minimum Gasteiger partial charge on any atom is -0.497 e. The summed E-state index contributed by atoms with van der Waals surface area (Å²) in [5.41, 5.74) is 2.42. The summed E-state index contributed by atoms with van der Waals surface area (Å²) in [6.07, 6.45) is 6.43. The number of carbonyl (C=O) groups is 1. The third-order valence-electron chi connectivity index (χ3n) is 7.04. The number of ether oxygens (including phenoxy) is 1. The number of fused-ring (bicyclic) bond motifs is 1. The number of aliphatic hydroxyl groups excluding tert-OH is 1. The number of aryl methyl sites for hydroxylation is 1. The molecule has 1 aliphatic rings. The summed E-state index contributed by atoms with van der Waals surface area (Å²) >= 11 is 8.12. The first-order valence-electron chi connectivity index (χ1n) is 11.8. The van der Waals surface area contributed by atoms with E-state index in [4.69, 9.17) is 16.3 Å². The SMILES string of the molecule is COc1ccc2ncc(Cl)c(C(O)CCC3(C(=O)NO)CCN(CCCc4nccs4)CC3)c2c1. The largest absolute Gasteiger partial charge is 0.497 e. The number of hydroxylamine groups is 1. The Hall–Kier alpha value is -2.30. The highest BCUT2D eigenvalue weighted by Gasteiger charge is 2.41. The number of benzene rings is 1. The first-order valence-corrected chi connectivity index (χ1v) is 13.1. The molecule has 0 spiro atoms. The molecule has 3 N–H and O–H groups in total. The minimum absolute atomic E-state index is 0.327. The lowest BCUT2D eigenvalue weighted by Gasteiger charge is -2.40. The number of halogens is 1. The molecule has 0 saturated carbocycles. The van der Waals surface area contributed by atoms with Crippen LogP contribution in [0, 0.1) is 5.41 Å². The summed E-state index contributed by atoms with van der Waals surface area (Å²) < 4.78 is 5.33. The highest BCUT2D eigenvalue weighted by molar-refractivity contribution is 7.09. The van der Waals surface area contributed by atoms with Gasteiger partial charge in [-0.05, 0) is 69.9 Å². The summed E-state index contributed by atoms with van der Waals surface area (Å²) in [5.74, 6) is 0.257. The van der Waals surface area contributed by atoms with Crippen LogP contribution in [0.5, 0.6) is 5.75 Å². The highest BCUT2D eigenvalue weighted by atomic mass is 35.5. The topological polar surface area (TPSA) is 108 Å². The number of amides is 1. The Morgan fingerprint density at radius 3 is 2.83 bits per heavy atom. The third-order valence-corrected chi connectivity index (χ3v) is 8.18. The molecular weight excluding hydrogens is 488 g/mol. The van der Waals surface area contributed by atoms with Gasteiger partial charge in [0.1, 0.15) is 5.75 Å². The Bertz CT molecular complexity index is 1140. The number of hydrogen-bond donors (Lipinski definition) is 3. The van der Waals surface area contributed by atoms with E-state index in [-0.39, 0.29) is 5.91 Å². The van der Waals surface area contributed by atoms with Gasteiger partial charge in [0.2, 0.25) is 5.91 Å². The second kappa shape index (κ2) is 11.6. The number of carbonyl (C=O) groups excluding carboxylic acids is 1. The van der Waals surface area contributed by atoms with Crippen LogP contribution in [0.4, 0.5) is 0 Å². The summed E-state index contributed by atoms with van der Waals surface area (Å²) in [4.78, 5) is 23.8. The summed E-state index contributed by atoms with van der Waals surface area (Å²) in [5, 5.41) is 24.9. The maximum absolute atomic E-state index is 12.8. The summed E-state index contributed by atoms with van der Waals surface area (Å²) in [7, 11) is 1.58. The van der Waals surface area contributed by atoms with Crippen LogP contribution in [0.1, 0.15) is 48.8 Å². The average molecular weight is 519 g/mol. The Balaban J connectivity index is 1.42. The molecule has 35 heavy (non-hydrogen) atoms. The number of thiazole rings is 1. The predicted octanol–water partition coefficient (Wildman–Crippen LogP) is 4.39. The molecule has 1 saturated heterocycles. The number of aliphatic hydroxyl groups is 1. The lowest BCUT2D eigenvalue weighted by atomic mass is 9.73. The van der Waals surface area contributed by atoms with Gasteiger partial charge in [-0.15, -0.1) is 11.3 Å². The molecule has 3 aromatic rings. The van der Waals surface area contributed by atoms with Gasteiger partial charge in [0, 0.05) is 35.1 Å². The Morgan fingerprint density at radius 1 is 1.34 bits per heavy atom. The molecule has 3 heterocycles. The maximum Gasteiger partial charge on any atom is 0.249 e. The van der Waals surface area contributed by atoms with Gasteiger partial charge in [0.15, 0.2) is 0 Å². The zero-order valence-electron chi connectivity index (χ0n) is 19.7. The third kappa shape index (κ3) is 5.92. The zero-order valence-corrected chi connectivity index (χ0v) is 21.3. The van der Waals surface area contributed by atoms with Gasteiger partial charge >= 0.3 is 0 Å². The van der Waals surface area contributed by atoms with Crippen LogP contribution in [0.15, 0.2) is 36.0 Å². The molecule has 10 heteroatoms. The normalized spacial score (nSPS) is 16.8. The van der Waals surface area contributed by atoms with Gasteiger partial charge in [0.05, 0.1) is 34.2 Å². The molecule has 1 unspecified atom stereocenters. The standard InChI is InChI=1S/C25H31ClN4O4S/c1-34-17-4-5-20-18(15-17)23(19(26)16-28-20)21(31)6-7-25(24(32)29-33)8-12-30(13-9-25)11-2-3-22-27-10-14-35-22/h4-5,10,14-16,21,31,33H,2-3,6-9,11-13H2,1H3,(H,29,32). The first-order chi connectivity index (χ1) is 17.0. The Labute approximate surface area is 213 Å². The van der Waals surface area contributed by atoms with Crippen molar-refractivity contribution < 1.29 is 19.8 Å². The molecule has 1 aromatic carbocycles. The second-order valence-electron chi connectivity index (χ2n) is 9.05. The smallest absolute Gasteiger partial charge is 0.249 e. The quantitative estimate of drug-likeness (QED) is 0.270. The number of nitrogens with one attached hydrogen (secondary N) is 1. The Kier molecular flexibility index (Phi) is 8.56. The molecule has 4 rings (SSSR count). The fourth-order valence-corrected chi connectivity index (χ4v) is 5.87. The Morgan fingerprint density at radius 2 is 2.14 bits per heavy atom. The maximum atomic E-state index is 12.8. The number of likely N-dealkylation sites (tertiary alicyclic amines) is 1. The minimum atomic E-state index is -0.889. The van der Waals surface area contributed by atoms with Crippen molar-refractivity contribution in [1.29, 1.82) is 0 Å². The van der Waals surface area contributed by atoms with E-state index in [1.165, 1.54) is 6.20 Å². The predicted molar refractivity (Wildman–Crippen MR) is 136 cm³/mol. The molecule has 2 aromatic heterocycles. The van der Waals surface area contributed by atoms with E-state index >= 15 is 0 Å². The zero-order chi connectivity index (χ0) is 24.8. The molecule has 0 radical (unpaired) electrons. The molecule has 1 fully saturated rings. The van der Waals surface area contributed by atoms with E-state index < -0.39 is 11.5 Å². The van der Waals surface area contributed by atoms with Crippen molar-refractivity contribution in [2.24, 2.45) is 5.41 Å². The number of piperidine rings is 1. The molecular formula is C25H31ClN4O4S. The number of nitrogens with zero attached hydrogens (tertiary/aromatic N) is 3. The molecule has 1 aliphatic heterocycles. The van der Waals surface area contributed by atoms with Gasteiger partial charge in [-0.1, -0.05) is 11.6 Å². The van der Waals surface area contributed by atoms with E-state index in [0.717, 1.165) is 42.9 Å². The fraction of sp³-hybridized carbons (Fsp3) is 0.480. The lowest BCUT2D eigenvalue weighted by Crippen LogP contribution is -2.48. The van der Waals surface area contributed by atoms with Gasteiger partial charge in [-0.2, -0.15) is 0 Å². The lowest BCUT2D eigenvalue weighted by molar-refractivity contribution is -0.143. The number of aromatic nitrogens is 2. The highest BCUT2D eigenvalue weighted by Crippen LogP contribution is 2.41. The van der Waals surface area contributed by atoms with Crippen molar-refractivity contribution in [3.05, 3.63) is 51.6 Å². The van der Waals surface area contributed by atoms with Crippen molar-refractivity contribution in [2.75, 3.05) is 26.7 Å². The van der Waals surface area contributed by atoms with E-state index in [9.17, 15) is 15.1 Å². The van der Waals surface area contributed by atoms with Crippen LogP contribution in [0.25, 0.3) is 10.9 Å². The molecule has 1 atom stereocenters. The average Bonchev–Trinajstić information content (AvgIpc) is 3.40. The van der Waals surface area contributed by atoms with Crippen molar-refractivity contribution in [3.63, 3.8) is 0 Å². The molecule has 188 valence electrons. The van der Waals surface area contributed by atoms with E-state index in [2.05, 4.69) is 14.9 Å². The van der Waals surface area contributed by atoms with Crippen LogP contribution in [-0.2, 0) is 11.2 Å². The molecule has 0 bridgehead atoms. The monoisotopic (exact) mass is 518 g/mol. The van der Waals surface area contributed by atoms with Gasteiger partial charge in [-0.25, -0.2) is 10.5 Å². The molecule has 8 nitrogen and oxygen atoms in total. The van der Waals surface area contributed by atoms with Crippen molar-refractivity contribution in [2.45, 2.75) is 44.6 Å². The van der Waals surface area contributed by atoms with Gasteiger partial charge in [0.25, 0.3) is 0 Å². The van der Waals surface area contributed by atoms with E-state index in [1.54, 1.807) is 18.4 Å². The van der Waals surface area contributed by atoms with Crippen molar-refractivity contribution in [3.8, 4) is 5.75 Å². The number of rotatable bonds is 10. The van der Waals surface area contributed by atoms with Gasteiger partial charge < -0.3 is 14.7 Å². The van der Waals surface area contributed by atoms with E-state index in [1.807, 2.05) is 35.3 Å². The van der Waals surface area contributed by atoms with E-state index in [0.29, 0.717) is 47.5 Å². The summed E-state index contributed by atoms with van der Waals surface area (Å²) in [6.45, 7) is 2.47. The number of hydrogen-bond acceptors (Lipinski definition) is 8. The van der Waals surface area contributed by atoms with Crippen LogP contribution in [0.3, 0.4) is 0 Å². The summed E-state index contributed by atoms with van der Waals surface area (Å²) in [6, 6.07) is 5.45. The molecule has 1 amide bonds. The second-order valence-corrected chi connectivity index (χ2v) is 10.4. The number of methoxy groups -OCH3 is 1. The van der Waals surface area contributed by atoms with Gasteiger partial charge in [-0.3, -0.25) is 15.0 Å². The number of pyridine rings is 1. The first kappa shape index (κ1) is 25.8. The van der Waals surface area contributed by atoms with Crippen LogP contribution in [-0.4, -0.2) is 57.8 Å². The van der Waals surface area contributed by atoms with Crippen LogP contribution < -0.4 is 10.2 Å². The van der Waals surface area contributed by atoms with Crippen LogP contribution >= 0.6 is 22.9 Å². The van der Waals surface area contributed by atoms with Crippen molar-refractivity contribution in [1.82, 2.24) is 20.3 Å².